The van der Waals surface area contributed by atoms with Crippen molar-refractivity contribution >= 4 is 29.1 Å². The van der Waals surface area contributed by atoms with Gasteiger partial charge in [-0.15, -0.1) is 11.3 Å². The molecule has 4 aromatic rings. The fourth-order valence-electron chi connectivity index (χ4n) is 3.23. The summed E-state index contributed by atoms with van der Waals surface area (Å²) in [5.74, 6) is 0.281. The zero-order valence-corrected chi connectivity index (χ0v) is 19.7. The van der Waals surface area contributed by atoms with Crippen LogP contribution in [0.1, 0.15) is 16.2 Å². The Labute approximate surface area is 198 Å². The molecule has 0 aliphatic heterocycles. The van der Waals surface area contributed by atoms with E-state index in [-0.39, 0.29) is 18.1 Å². The number of carbonyl (C=O) groups is 1. The van der Waals surface area contributed by atoms with Crippen LogP contribution >= 0.6 is 23.1 Å². The first-order chi connectivity index (χ1) is 16.0. The number of methoxy groups -OCH3 is 2. The smallest absolute Gasteiger partial charge is 0.357 e. The van der Waals surface area contributed by atoms with Crippen molar-refractivity contribution in [3.8, 4) is 27.8 Å². The molecule has 0 aliphatic rings. The largest absolute Gasteiger partial charge is 0.493 e. The monoisotopic (exact) mass is 485 g/mol. The molecular formula is C23H20FN3O4S2. The number of imidazole rings is 1. The van der Waals surface area contributed by atoms with Crippen LogP contribution in [-0.4, -0.2) is 41.0 Å². The van der Waals surface area contributed by atoms with Gasteiger partial charge >= 0.3 is 5.97 Å². The maximum atomic E-state index is 13.4. The van der Waals surface area contributed by atoms with E-state index in [0.29, 0.717) is 28.0 Å². The van der Waals surface area contributed by atoms with Gasteiger partial charge in [0.1, 0.15) is 17.4 Å². The Hall–Kier alpha value is -3.37. The van der Waals surface area contributed by atoms with Crippen molar-refractivity contribution in [3.63, 3.8) is 0 Å². The predicted octanol–water partition coefficient (Wildman–Crippen LogP) is 5.23. The lowest BCUT2D eigenvalue weighted by Crippen LogP contribution is -2.12. The van der Waals surface area contributed by atoms with Crippen molar-refractivity contribution in [2.45, 2.75) is 11.8 Å². The normalized spacial score (nSPS) is 10.8. The highest BCUT2D eigenvalue weighted by Gasteiger charge is 2.20. The van der Waals surface area contributed by atoms with Gasteiger partial charge in [-0.25, -0.2) is 19.2 Å². The molecule has 0 N–H and O–H groups in total. The van der Waals surface area contributed by atoms with E-state index < -0.39 is 5.97 Å². The number of hydrogen-bond donors (Lipinski definition) is 0. The number of rotatable bonds is 8. The standard InChI is InChI=1S/C23H20FN3O4S2/c1-29-19-6-4-5-17(20(19)30-2)21-26-15(13-33-21)12-31-22(28)18-11-25-23(32-3)27(18)16-9-7-14(24)8-10-16/h4-11,13H,12H2,1-3H3. The van der Waals surface area contributed by atoms with Crippen molar-refractivity contribution in [1.82, 2.24) is 14.5 Å². The minimum absolute atomic E-state index is 0.00911. The Balaban J connectivity index is 1.53. The second-order valence-corrected chi connectivity index (χ2v) is 8.33. The van der Waals surface area contributed by atoms with Crippen molar-refractivity contribution in [3.05, 3.63) is 71.2 Å². The molecule has 0 fully saturated rings. The molecule has 4 rings (SSSR count). The number of thiazole rings is 1. The molecule has 0 bridgehead atoms. The summed E-state index contributed by atoms with van der Waals surface area (Å²) < 4.78 is 31.3. The molecule has 170 valence electrons. The van der Waals surface area contributed by atoms with Crippen molar-refractivity contribution in [1.29, 1.82) is 0 Å². The van der Waals surface area contributed by atoms with Crippen LogP contribution in [0.4, 0.5) is 4.39 Å². The van der Waals surface area contributed by atoms with Gasteiger partial charge in [0, 0.05) is 11.1 Å². The molecule has 0 radical (unpaired) electrons. The van der Waals surface area contributed by atoms with E-state index in [4.69, 9.17) is 14.2 Å². The molecule has 0 unspecified atom stereocenters. The first kappa shape index (κ1) is 22.8. The predicted molar refractivity (Wildman–Crippen MR) is 125 cm³/mol. The van der Waals surface area contributed by atoms with Crippen LogP contribution in [-0.2, 0) is 11.3 Å². The lowest BCUT2D eigenvalue weighted by molar-refractivity contribution is 0.0458. The minimum atomic E-state index is -0.555. The summed E-state index contributed by atoms with van der Waals surface area (Å²) in [5.41, 5.74) is 2.26. The van der Waals surface area contributed by atoms with Gasteiger partial charge in [-0.3, -0.25) is 4.57 Å². The van der Waals surface area contributed by atoms with Gasteiger partial charge in [0.15, 0.2) is 22.3 Å². The van der Waals surface area contributed by atoms with Crippen LogP contribution in [0.3, 0.4) is 0 Å². The second kappa shape index (κ2) is 10.1. The minimum Gasteiger partial charge on any atom is -0.493 e. The molecule has 0 spiro atoms. The number of hydrogen-bond acceptors (Lipinski definition) is 8. The highest BCUT2D eigenvalue weighted by Crippen LogP contribution is 2.39. The van der Waals surface area contributed by atoms with E-state index in [9.17, 15) is 9.18 Å². The third-order valence-electron chi connectivity index (χ3n) is 4.74. The Morgan fingerprint density at radius 2 is 1.94 bits per heavy atom. The van der Waals surface area contributed by atoms with Crippen LogP contribution in [0.15, 0.2) is 59.2 Å². The van der Waals surface area contributed by atoms with Gasteiger partial charge in [0.2, 0.25) is 0 Å². The first-order valence-electron chi connectivity index (χ1n) is 9.76. The lowest BCUT2D eigenvalue weighted by Gasteiger charge is -2.11. The van der Waals surface area contributed by atoms with Gasteiger partial charge in [0.05, 0.1) is 31.7 Å². The number of benzene rings is 2. The highest BCUT2D eigenvalue weighted by molar-refractivity contribution is 7.98. The molecule has 2 aromatic heterocycles. The van der Waals surface area contributed by atoms with Gasteiger partial charge in [-0.2, -0.15) is 0 Å². The molecule has 10 heteroatoms. The zero-order valence-electron chi connectivity index (χ0n) is 18.1. The number of thioether (sulfide) groups is 1. The maximum absolute atomic E-state index is 13.4. The number of esters is 1. The molecule has 7 nitrogen and oxygen atoms in total. The van der Waals surface area contributed by atoms with E-state index in [0.717, 1.165) is 10.6 Å². The number of para-hydroxylation sites is 1. The highest BCUT2D eigenvalue weighted by atomic mass is 32.2. The van der Waals surface area contributed by atoms with Crippen molar-refractivity contribution in [2.24, 2.45) is 0 Å². The maximum Gasteiger partial charge on any atom is 0.357 e. The van der Waals surface area contributed by atoms with E-state index >= 15 is 0 Å². The fraction of sp³-hybridized carbons (Fsp3) is 0.174. The Kier molecular flexibility index (Phi) is 6.95. The summed E-state index contributed by atoms with van der Waals surface area (Å²) in [7, 11) is 3.15. The SMILES string of the molecule is COc1cccc(-c2nc(COC(=O)c3cnc(SC)n3-c3ccc(F)cc3)cs2)c1OC. The summed E-state index contributed by atoms with van der Waals surface area (Å²) in [6, 6.07) is 11.4. The number of carbonyl (C=O) groups excluding carboxylic acids is 1. The number of halogens is 1. The van der Waals surface area contributed by atoms with Gasteiger partial charge in [0.25, 0.3) is 0 Å². The average Bonchev–Trinajstić information content (AvgIpc) is 3.49. The third kappa shape index (κ3) is 4.71. The average molecular weight is 486 g/mol. The Bertz CT molecular complexity index is 1270. The molecule has 0 amide bonds. The second-order valence-electron chi connectivity index (χ2n) is 6.70. The summed E-state index contributed by atoms with van der Waals surface area (Å²) in [6.07, 6.45) is 3.30. The first-order valence-corrected chi connectivity index (χ1v) is 11.9. The summed E-state index contributed by atoms with van der Waals surface area (Å²) in [6.45, 7) is -0.00911. The van der Waals surface area contributed by atoms with Crippen LogP contribution in [0, 0.1) is 5.82 Å². The van der Waals surface area contributed by atoms with Crippen LogP contribution < -0.4 is 9.47 Å². The Morgan fingerprint density at radius 3 is 2.64 bits per heavy atom. The Morgan fingerprint density at radius 1 is 1.15 bits per heavy atom. The lowest BCUT2D eigenvalue weighted by atomic mass is 10.2. The number of aromatic nitrogens is 3. The number of ether oxygens (including phenoxy) is 3. The van der Waals surface area contributed by atoms with E-state index in [1.54, 1.807) is 30.9 Å². The molecule has 0 saturated carbocycles. The molecule has 0 aliphatic carbocycles. The van der Waals surface area contributed by atoms with Crippen molar-refractivity contribution in [2.75, 3.05) is 20.5 Å². The van der Waals surface area contributed by atoms with Crippen LogP contribution in [0.5, 0.6) is 11.5 Å². The van der Waals surface area contributed by atoms with Gasteiger partial charge < -0.3 is 14.2 Å². The summed E-state index contributed by atoms with van der Waals surface area (Å²) >= 11 is 2.79. The van der Waals surface area contributed by atoms with Crippen LogP contribution in [0.25, 0.3) is 16.3 Å². The molecule has 2 heterocycles. The quantitative estimate of drug-likeness (QED) is 0.250. The zero-order chi connectivity index (χ0) is 23.4. The summed E-state index contributed by atoms with van der Waals surface area (Å²) in [4.78, 5) is 21.7. The van der Waals surface area contributed by atoms with E-state index in [2.05, 4.69) is 9.97 Å². The molecule has 0 saturated heterocycles. The molecule has 2 aromatic carbocycles. The summed E-state index contributed by atoms with van der Waals surface area (Å²) in [5, 5.41) is 3.14. The molecule has 33 heavy (non-hydrogen) atoms. The van der Waals surface area contributed by atoms with Crippen LogP contribution in [0.2, 0.25) is 0 Å². The topological polar surface area (TPSA) is 75.5 Å². The van der Waals surface area contributed by atoms with Crippen molar-refractivity contribution < 1.29 is 23.4 Å². The molecular weight excluding hydrogens is 465 g/mol. The van der Waals surface area contributed by atoms with E-state index in [1.165, 1.54) is 41.4 Å². The van der Waals surface area contributed by atoms with Gasteiger partial charge in [-0.05, 0) is 42.7 Å². The van der Waals surface area contributed by atoms with E-state index in [1.807, 2.05) is 29.8 Å². The fourth-order valence-corrected chi connectivity index (χ4v) is 4.60. The third-order valence-corrected chi connectivity index (χ3v) is 6.32. The molecule has 0 atom stereocenters. The number of nitrogens with zero attached hydrogens (tertiary/aromatic N) is 3. The van der Waals surface area contributed by atoms with Gasteiger partial charge in [-0.1, -0.05) is 17.8 Å².